The van der Waals surface area contributed by atoms with Crippen molar-refractivity contribution in [3.8, 4) is 0 Å². The van der Waals surface area contributed by atoms with Crippen LogP contribution in [0.1, 0.15) is 40.0 Å². The summed E-state index contributed by atoms with van der Waals surface area (Å²) in [7, 11) is 0. The van der Waals surface area contributed by atoms with E-state index in [1.165, 1.54) is 0 Å². The average Bonchev–Trinajstić information content (AvgIpc) is 2.52. The molecule has 0 saturated heterocycles. The molecule has 0 aromatic heterocycles. The maximum Gasteiger partial charge on any atom is 0.338 e. The SMILES string of the molecule is Cc1cc(C)cc(C(=O)OCC(=O)N[C@H](C)c2ccccc2Cl)c1. The molecule has 0 saturated carbocycles. The summed E-state index contributed by atoms with van der Waals surface area (Å²) < 4.78 is 5.08. The molecule has 4 nitrogen and oxygen atoms in total. The molecule has 0 heterocycles. The zero-order chi connectivity index (χ0) is 17.7. The first kappa shape index (κ1) is 18.0. The third-order valence-electron chi connectivity index (χ3n) is 3.54. The third kappa shape index (κ3) is 4.83. The molecule has 0 spiro atoms. The minimum Gasteiger partial charge on any atom is -0.452 e. The van der Waals surface area contributed by atoms with Crippen molar-refractivity contribution in [2.24, 2.45) is 0 Å². The molecule has 0 aliphatic heterocycles. The quantitative estimate of drug-likeness (QED) is 0.833. The van der Waals surface area contributed by atoms with E-state index >= 15 is 0 Å². The van der Waals surface area contributed by atoms with Gasteiger partial charge >= 0.3 is 5.97 Å². The second-order valence-corrected chi connectivity index (χ2v) is 6.17. The average molecular weight is 346 g/mol. The number of nitrogens with one attached hydrogen (secondary N) is 1. The summed E-state index contributed by atoms with van der Waals surface area (Å²) in [5.74, 6) is -0.887. The molecule has 2 aromatic carbocycles. The summed E-state index contributed by atoms with van der Waals surface area (Å²) in [5, 5.41) is 3.35. The van der Waals surface area contributed by atoms with Crippen LogP contribution >= 0.6 is 11.6 Å². The Balaban J connectivity index is 1.91. The highest BCUT2D eigenvalue weighted by Crippen LogP contribution is 2.21. The molecular weight excluding hydrogens is 326 g/mol. The molecule has 0 aliphatic carbocycles. The number of hydrogen-bond donors (Lipinski definition) is 1. The lowest BCUT2D eigenvalue weighted by Gasteiger charge is -2.15. The highest BCUT2D eigenvalue weighted by Gasteiger charge is 2.15. The summed E-state index contributed by atoms with van der Waals surface area (Å²) in [6, 6.07) is 12.4. The molecule has 2 aromatic rings. The predicted octanol–water partition coefficient (Wildman–Crippen LogP) is 3.99. The van der Waals surface area contributed by atoms with Gasteiger partial charge in [0.25, 0.3) is 5.91 Å². The van der Waals surface area contributed by atoms with Crippen LogP contribution in [0.4, 0.5) is 0 Å². The summed E-state index contributed by atoms with van der Waals surface area (Å²) in [5.41, 5.74) is 3.20. The number of halogens is 1. The lowest BCUT2D eigenvalue weighted by molar-refractivity contribution is -0.124. The van der Waals surface area contributed by atoms with Crippen molar-refractivity contribution in [3.63, 3.8) is 0 Å². The normalized spacial score (nSPS) is 11.7. The van der Waals surface area contributed by atoms with Crippen LogP contribution in [0, 0.1) is 13.8 Å². The number of hydrogen-bond acceptors (Lipinski definition) is 3. The third-order valence-corrected chi connectivity index (χ3v) is 3.89. The van der Waals surface area contributed by atoms with E-state index in [0.717, 1.165) is 16.7 Å². The first-order chi connectivity index (χ1) is 11.4. The molecule has 0 aliphatic rings. The van der Waals surface area contributed by atoms with Crippen LogP contribution in [0.5, 0.6) is 0 Å². The zero-order valence-corrected chi connectivity index (χ0v) is 14.7. The molecule has 126 valence electrons. The first-order valence-electron chi connectivity index (χ1n) is 7.66. The second-order valence-electron chi connectivity index (χ2n) is 5.76. The molecule has 0 fully saturated rings. The number of rotatable bonds is 5. The van der Waals surface area contributed by atoms with E-state index in [1.54, 1.807) is 18.2 Å². The summed E-state index contributed by atoms with van der Waals surface area (Å²) in [4.78, 5) is 24.0. The highest BCUT2D eigenvalue weighted by atomic mass is 35.5. The van der Waals surface area contributed by atoms with Gasteiger partial charge in [0.05, 0.1) is 11.6 Å². The number of benzene rings is 2. The van der Waals surface area contributed by atoms with Crippen LogP contribution in [0.25, 0.3) is 0 Å². The van der Waals surface area contributed by atoms with Gasteiger partial charge < -0.3 is 10.1 Å². The predicted molar refractivity (Wildman–Crippen MR) is 94.2 cm³/mol. The Bertz CT molecular complexity index is 738. The Kier molecular flexibility index (Phi) is 5.99. The molecule has 1 atom stereocenters. The van der Waals surface area contributed by atoms with Gasteiger partial charge in [-0.05, 0) is 44.5 Å². The Morgan fingerprint density at radius 1 is 1.12 bits per heavy atom. The van der Waals surface area contributed by atoms with Gasteiger partial charge in [0, 0.05) is 5.02 Å². The molecule has 0 radical (unpaired) electrons. The van der Waals surface area contributed by atoms with E-state index in [1.807, 2.05) is 45.0 Å². The maximum absolute atomic E-state index is 12.0. The van der Waals surface area contributed by atoms with Gasteiger partial charge in [-0.25, -0.2) is 4.79 Å². The van der Waals surface area contributed by atoms with Crippen molar-refractivity contribution in [1.82, 2.24) is 5.32 Å². The fourth-order valence-corrected chi connectivity index (χ4v) is 2.79. The fourth-order valence-electron chi connectivity index (χ4n) is 2.49. The highest BCUT2D eigenvalue weighted by molar-refractivity contribution is 6.31. The van der Waals surface area contributed by atoms with Gasteiger partial charge in [-0.2, -0.15) is 0 Å². The molecule has 5 heteroatoms. The van der Waals surface area contributed by atoms with Crippen LogP contribution in [0.3, 0.4) is 0 Å². The summed E-state index contributed by atoms with van der Waals surface area (Å²) in [6.07, 6.45) is 0. The van der Waals surface area contributed by atoms with E-state index < -0.39 is 5.97 Å². The minimum atomic E-state index is -0.512. The van der Waals surface area contributed by atoms with Crippen LogP contribution in [-0.4, -0.2) is 18.5 Å². The molecular formula is C19H20ClNO3. The largest absolute Gasteiger partial charge is 0.452 e. The van der Waals surface area contributed by atoms with Crippen LogP contribution in [0.15, 0.2) is 42.5 Å². The van der Waals surface area contributed by atoms with E-state index in [4.69, 9.17) is 16.3 Å². The van der Waals surface area contributed by atoms with Gasteiger partial charge in [-0.1, -0.05) is 47.0 Å². The second kappa shape index (κ2) is 7.97. The zero-order valence-electron chi connectivity index (χ0n) is 13.9. The minimum absolute atomic E-state index is 0.272. The van der Waals surface area contributed by atoms with Crippen LogP contribution < -0.4 is 5.32 Å². The fraction of sp³-hybridized carbons (Fsp3) is 0.263. The molecule has 0 unspecified atom stereocenters. The summed E-state index contributed by atoms with van der Waals surface area (Å²) in [6.45, 7) is 5.30. The lowest BCUT2D eigenvalue weighted by atomic mass is 10.1. The van der Waals surface area contributed by atoms with Crippen molar-refractivity contribution >= 4 is 23.5 Å². The Morgan fingerprint density at radius 3 is 2.38 bits per heavy atom. The van der Waals surface area contributed by atoms with Crippen molar-refractivity contribution in [3.05, 3.63) is 69.7 Å². The molecule has 24 heavy (non-hydrogen) atoms. The Labute approximate surface area is 146 Å². The number of esters is 1. The molecule has 1 amide bonds. The monoisotopic (exact) mass is 345 g/mol. The van der Waals surface area contributed by atoms with Gasteiger partial charge in [-0.15, -0.1) is 0 Å². The van der Waals surface area contributed by atoms with Gasteiger partial charge in [0.1, 0.15) is 0 Å². The number of ether oxygens (including phenoxy) is 1. The van der Waals surface area contributed by atoms with E-state index in [-0.39, 0.29) is 18.6 Å². The standard InChI is InChI=1S/C19H20ClNO3/c1-12-8-13(2)10-15(9-12)19(23)24-11-18(22)21-14(3)16-6-4-5-7-17(16)20/h4-10,14H,11H2,1-3H3,(H,21,22)/t14-/m1/s1. The van der Waals surface area contributed by atoms with Crippen molar-refractivity contribution in [2.75, 3.05) is 6.61 Å². The van der Waals surface area contributed by atoms with E-state index in [2.05, 4.69) is 5.32 Å². The smallest absolute Gasteiger partial charge is 0.338 e. The van der Waals surface area contributed by atoms with Crippen molar-refractivity contribution in [1.29, 1.82) is 0 Å². The Morgan fingerprint density at radius 2 is 1.75 bits per heavy atom. The maximum atomic E-state index is 12.0. The first-order valence-corrected chi connectivity index (χ1v) is 8.04. The van der Waals surface area contributed by atoms with Gasteiger partial charge in [0.15, 0.2) is 6.61 Å². The molecule has 2 rings (SSSR count). The van der Waals surface area contributed by atoms with Crippen molar-refractivity contribution < 1.29 is 14.3 Å². The topological polar surface area (TPSA) is 55.4 Å². The number of amides is 1. The lowest BCUT2D eigenvalue weighted by Crippen LogP contribution is -2.31. The van der Waals surface area contributed by atoms with Gasteiger partial charge in [-0.3, -0.25) is 4.79 Å². The van der Waals surface area contributed by atoms with E-state index in [0.29, 0.717) is 10.6 Å². The van der Waals surface area contributed by atoms with Gasteiger partial charge in [0.2, 0.25) is 0 Å². The molecule has 1 N–H and O–H groups in total. The Hall–Kier alpha value is -2.33. The molecule has 0 bridgehead atoms. The number of carbonyl (C=O) groups is 2. The number of carbonyl (C=O) groups excluding carboxylic acids is 2. The van der Waals surface area contributed by atoms with Crippen LogP contribution in [-0.2, 0) is 9.53 Å². The van der Waals surface area contributed by atoms with Crippen LogP contribution in [0.2, 0.25) is 5.02 Å². The van der Waals surface area contributed by atoms with E-state index in [9.17, 15) is 9.59 Å². The van der Waals surface area contributed by atoms with Crippen molar-refractivity contribution in [2.45, 2.75) is 26.8 Å². The number of aryl methyl sites for hydroxylation is 2. The summed E-state index contributed by atoms with van der Waals surface area (Å²) >= 11 is 6.10.